The highest BCUT2D eigenvalue weighted by molar-refractivity contribution is 6.01. The molecular weight excluding hydrogens is 270 g/mol. The maximum atomic E-state index is 12.3. The minimum absolute atomic E-state index is 0.0718. The first kappa shape index (κ1) is 13.8. The molecule has 3 amide bonds. The van der Waals surface area contributed by atoms with Crippen LogP contribution in [-0.4, -0.2) is 28.7 Å². The summed E-state index contributed by atoms with van der Waals surface area (Å²) in [6.45, 7) is 0.841. The van der Waals surface area contributed by atoms with E-state index in [0.717, 1.165) is 16.7 Å². The molecule has 0 bridgehead atoms. The quantitative estimate of drug-likeness (QED) is 0.739. The predicted octanol–water partition coefficient (Wildman–Crippen LogP) is -0.165. The van der Waals surface area contributed by atoms with Crippen LogP contribution in [0.4, 0.5) is 0 Å². The molecule has 0 spiro atoms. The maximum Gasteiger partial charge on any atom is 0.249 e. The Bertz CT molecular complexity index is 627. The molecule has 0 aromatic heterocycles. The molecule has 0 radical (unpaired) electrons. The summed E-state index contributed by atoms with van der Waals surface area (Å²) in [5, 5.41) is 2.30. The summed E-state index contributed by atoms with van der Waals surface area (Å²) in [4.78, 5) is 37.0. The number of nitrogens with two attached hydrogens (primary N) is 1. The van der Waals surface area contributed by atoms with Gasteiger partial charge < -0.3 is 10.6 Å². The number of amides is 3. The molecule has 2 aliphatic heterocycles. The molecule has 1 aromatic carbocycles. The fourth-order valence-corrected chi connectivity index (χ4v) is 2.93. The number of benzene rings is 1. The van der Waals surface area contributed by atoms with Gasteiger partial charge >= 0.3 is 0 Å². The number of hydrogen-bond donors (Lipinski definition) is 2. The zero-order valence-corrected chi connectivity index (χ0v) is 11.6. The summed E-state index contributed by atoms with van der Waals surface area (Å²) < 4.78 is 0. The predicted molar refractivity (Wildman–Crippen MR) is 74.8 cm³/mol. The van der Waals surface area contributed by atoms with Crippen molar-refractivity contribution in [2.45, 2.75) is 38.4 Å². The zero-order valence-electron chi connectivity index (χ0n) is 11.6. The molecule has 2 heterocycles. The van der Waals surface area contributed by atoms with E-state index >= 15 is 0 Å². The number of imide groups is 1. The summed E-state index contributed by atoms with van der Waals surface area (Å²) in [6.07, 6.45) is 0.954. The number of carbonyl (C=O) groups excluding carboxylic acids is 3. The van der Waals surface area contributed by atoms with Gasteiger partial charge in [-0.15, -0.1) is 0 Å². The molecule has 1 aromatic rings. The van der Waals surface area contributed by atoms with E-state index in [0.29, 0.717) is 19.5 Å². The molecule has 110 valence electrons. The number of piperidine rings is 1. The van der Waals surface area contributed by atoms with Crippen molar-refractivity contribution in [3.05, 3.63) is 34.9 Å². The van der Waals surface area contributed by atoms with E-state index in [1.54, 1.807) is 4.90 Å². The molecule has 6 heteroatoms. The van der Waals surface area contributed by atoms with Gasteiger partial charge in [0.25, 0.3) is 0 Å². The smallest absolute Gasteiger partial charge is 0.249 e. The summed E-state index contributed by atoms with van der Waals surface area (Å²) in [6, 6.07) is 5.29. The Morgan fingerprint density at radius 1 is 1.24 bits per heavy atom. The molecule has 1 saturated heterocycles. The number of fused-ring (bicyclic) bond motifs is 1. The molecule has 2 aliphatic rings. The Kier molecular flexibility index (Phi) is 3.47. The van der Waals surface area contributed by atoms with Crippen molar-refractivity contribution in [2.75, 3.05) is 0 Å². The topological polar surface area (TPSA) is 92.5 Å². The van der Waals surface area contributed by atoms with Crippen LogP contribution < -0.4 is 11.1 Å². The number of carbonyl (C=O) groups is 3. The number of hydrogen-bond acceptors (Lipinski definition) is 4. The van der Waals surface area contributed by atoms with Crippen LogP contribution in [0.3, 0.4) is 0 Å². The summed E-state index contributed by atoms with van der Waals surface area (Å²) >= 11 is 0. The molecule has 1 atom stereocenters. The van der Waals surface area contributed by atoms with Gasteiger partial charge in [-0.3, -0.25) is 19.7 Å². The van der Waals surface area contributed by atoms with E-state index in [9.17, 15) is 14.4 Å². The van der Waals surface area contributed by atoms with E-state index in [2.05, 4.69) is 5.32 Å². The standard InChI is InChI=1S/C15H17N3O3/c16-7-9-1-2-10-6-14(20)18(8-11(10)5-9)12-3-4-13(19)17-15(12)21/h1-2,5,12H,3-4,6-8,16H2,(H,17,19,21). The Balaban J connectivity index is 1.86. The van der Waals surface area contributed by atoms with Crippen LogP contribution in [0.5, 0.6) is 0 Å². The van der Waals surface area contributed by atoms with Gasteiger partial charge in [-0.2, -0.15) is 0 Å². The van der Waals surface area contributed by atoms with Crippen molar-refractivity contribution in [2.24, 2.45) is 5.73 Å². The first-order chi connectivity index (χ1) is 10.1. The van der Waals surface area contributed by atoms with Gasteiger partial charge in [0.2, 0.25) is 17.7 Å². The van der Waals surface area contributed by atoms with E-state index in [-0.39, 0.29) is 30.6 Å². The molecule has 3 N–H and O–H groups in total. The van der Waals surface area contributed by atoms with Crippen molar-refractivity contribution in [3.63, 3.8) is 0 Å². The Morgan fingerprint density at radius 3 is 2.76 bits per heavy atom. The second-order valence-corrected chi connectivity index (χ2v) is 5.47. The summed E-state index contributed by atoms with van der Waals surface area (Å²) in [5.74, 6) is -0.720. The van der Waals surface area contributed by atoms with E-state index in [1.807, 2.05) is 18.2 Å². The molecule has 1 fully saturated rings. The first-order valence-corrected chi connectivity index (χ1v) is 7.02. The van der Waals surface area contributed by atoms with Gasteiger partial charge in [-0.25, -0.2) is 0 Å². The van der Waals surface area contributed by atoms with Crippen molar-refractivity contribution < 1.29 is 14.4 Å². The highest BCUT2D eigenvalue weighted by atomic mass is 16.2. The molecule has 3 rings (SSSR count). The monoisotopic (exact) mass is 287 g/mol. The van der Waals surface area contributed by atoms with Crippen LogP contribution in [-0.2, 0) is 33.9 Å². The average molecular weight is 287 g/mol. The fourth-order valence-electron chi connectivity index (χ4n) is 2.93. The van der Waals surface area contributed by atoms with Gasteiger partial charge in [0.05, 0.1) is 6.42 Å². The fraction of sp³-hybridized carbons (Fsp3) is 0.400. The molecule has 6 nitrogen and oxygen atoms in total. The third kappa shape index (κ3) is 2.54. The van der Waals surface area contributed by atoms with Crippen LogP contribution in [0.1, 0.15) is 29.5 Å². The Morgan fingerprint density at radius 2 is 2.05 bits per heavy atom. The molecular formula is C15H17N3O3. The van der Waals surface area contributed by atoms with Crippen molar-refractivity contribution >= 4 is 17.7 Å². The van der Waals surface area contributed by atoms with E-state index in [4.69, 9.17) is 5.73 Å². The van der Waals surface area contributed by atoms with Gasteiger partial charge in [0.1, 0.15) is 6.04 Å². The second kappa shape index (κ2) is 5.29. The maximum absolute atomic E-state index is 12.3. The molecule has 21 heavy (non-hydrogen) atoms. The second-order valence-electron chi connectivity index (χ2n) is 5.47. The first-order valence-electron chi connectivity index (χ1n) is 7.02. The minimum atomic E-state index is -0.551. The lowest BCUT2D eigenvalue weighted by Crippen LogP contribution is -2.55. The van der Waals surface area contributed by atoms with Crippen molar-refractivity contribution in [1.82, 2.24) is 10.2 Å². The molecule has 0 saturated carbocycles. The van der Waals surface area contributed by atoms with Gasteiger partial charge in [0, 0.05) is 19.5 Å². The zero-order chi connectivity index (χ0) is 15.0. The minimum Gasteiger partial charge on any atom is -0.326 e. The Hall–Kier alpha value is -2.21. The van der Waals surface area contributed by atoms with Crippen molar-refractivity contribution in [3.8, 4) is 0 Å². The van der Waals surface area contributed by atoms with Crippen LogP contribution >= 0.6 is 0 Å². The largest absolute Gasteiger partial charge is 0.326 e. The van der Waals surface area contributed by atoms with Crippen LogP contribution in [0, 0.1) is 0 Å². The number of rotatable bonds is 2. The van der Waals surface area contributed by atoms with Gasteiger partial charge in [-0.05, 0) is 23.1 Å². The van der Waals surface area contributed by atoms with E-state index < -0.39 is 6.04 Å². The number of nitrogens with zero attached hydrogens (tertiary/aromatic N) is 1. The third-order valence-electron chi connectivity index (χ3n) is 4.10. The Labute approximate surface area is 122 Å². The number of nitrogens with one attached hydrogen (secondary N) is 1. The van der Waals surface area contributed by atoms with Crippen LogP contribution in [0.15, 0.2) is 18.2 Å². The SMILES string of the molecule is NCc1ccc2c(c1)CN(C1CCC(=O)NC1=O)C(=O)C2. The normalized spacial score (nSPS) is 22.0. The molecule has 0 aliphatic carbocycles. The summed E-state index contributed by atoms with van der Waals surface area (Å²) in [5.41, 5.74) is 8.67. The lowest BCUT2D eigenvalue weighted by Gasteiger charge is -2.36. The lowest BCUT2D eigenvalue weighted by molar-refractivity contribution is -0.146. The van der Waals surface area contributed by atoms with Gasteiger partial charge in [0.15, 0.2) is 0 Å². The van der Waals surface area contributed by atoms with E-state index in [1.165, 1.54) is 0 Å². The third-order valence-corrected chi connectivity index (χ3v) is 4.10. The van der Waals surface area contributed by atoms with Crippen LogP contribution in [0.2, 0.25) is 0 Å². The molecule has 1 unspecified atom stereocenters. The van der Waals surface area contributed by atoms with Crippen LogP contribution in [0.25, 0.3) is 0 Å². The highest BCUT2D eigenvalue weighted by Crippen LogP contribution is 2.25. The highest BCUT2D eigenvalue weighted by Gasteiger charge is 2.36. The lowest BCUT2D eigenvalue weighted by atomic mass is 9.94. The average Bonchev–Trinajstić information content (AvgIpc) is 2.46. The summed E-state index contributed by atoms with van der Waals surface area (Å²) in [7, 11) is 0. The van der Waals surface area contributed by atoms with Crippen molar-refractivity contribution in [1.29, 1.82) is 0 Å². The van der Waals surface area contributed by atoms with Gasteiger partial charge in [-0.1, -0.05) is 18.2 Å².